The monoisotopic (exact) mass is 673 g/mol. The lowest BCUT2D eigenvalue weighted by Crippen LogP contribution is -2.54. The van der Waals surface area contributed by atoms with Crippen molar-refractivity contribution in [2.24, 2.45) is 0 Å². The van der Waals surface area contributed by atoms with Crippen molar-refractivity contribution in [3.05, 3.63) is 53.1 Å². The number of thiocarbonyl (C=S) groups is 1. The second kappa shape index (κ2) is 13.8. The van der Waals surface area contributed by atoms with Crippen LogP contribution in [0.15, 0.2) is 36.4 Å². The lowest BCUT2D eigenvalue weighted by atomic mass is 10.0. The molecule has 0 saturated carbocycles. The summed E-state index contributed by atoms with van der Waals surface area (Å²) in [5, 5.41) is 9.22. The van der Waals surface area contributed by atoms with Crippen LogP contribution in [0.1, 0.15) is 65.2 Å². The molecule has 254 valence electrons. The number of nitrogens with zero attached hydrogens (tertiary/aromatic N) is 5. The summed E-state index contributed by atoms with van der Waals surface area (Å²) < 4.78 is 52.8. The number of anilines is 2. The molecule has 9 nitrogen and oxygen atoms in total. The number of benzene rings is 2. The zero-order chi connectivity index (χ0) is 34.9. The van der Waals surface area contributed by atoms with E-state index in [9.17, 15) is 28.0 Å². The van der Waals surface area contributed by atoms with Gasteiger partial charge in [-0.2, -0.15) is 18.4 Å². The van der Waals surface area contributed by atoms with E-state index in [0.29, 0.717) is 31.0 Å². The average molecular weight is 674 g/mol. The van der Waals surface area contributed by atoms with Crippen LogP contribution in [-0.4, -0.2) is 83.3 Å². The molecule has 0 bridgehead atoms. The molecule has 1 atom stereocenters. The number of aryl methyl sites for hydroxylation is 1. The molecule has 47 heavy (non-hydrogen) atoms. The maximum absolute atomic E-state index is 13.7. The fraction of sp³-hybridized carbons (Fsp3) is 0.529. The van der Waals surface area contributed by atoms with Gasteiger partial charge in [0.25, 0.3) is 5.91 Å². The van der Waals surface area contributed by atoms with Gasteiger partial charge in [-0.15, -0.1) is 0 Å². The van der Waals surface area contributed by atoms with Gasteiger partial charge in [0.05, 0.1) is 29.4 Å². The number of halogens is 3. The molecule has 1 amide bonds. The summed E-state index contributed by atoms with van der Waals surface area (Å²) in [5.41, 5.74) is -1.93. The van der Waals surface area contributed by atoms with E-state index >= 15 is 0 Å². The molecule has 0 N–H and O–H groups in total. The number of hydrogen-bond acceptors (Lipinski definition) is 8. The normalized spacial score (nSPS) is 19.2. The van der Waals surface area contributed by atoms with E-state index in [1.54, 1.807) is 30.9 Å². The highest BCUT2D eigenvalue weighted by molar-refractivity contribution is 7.81. The fourth-order valence-corrected chi connectivity index (χ4v) is 6.44. The topological polar surface area (TPSA) is 89.4 Å². The first kappa shape index (κ1) is 36.1. The third-order valence-electron chi connectivity index (χ3n) is 8.30. The molecule has 0 spiro atoms. The summed E-state index contributed by atoms with van der Waals surface area (Å²) in [4.78, 5) is 33.1. The Labute approximate surface area is 279 Å². The summed E-state index contributed by atoms with van der Waals surface area (Å²) in [5.74, 6) is -0.0170. The van der Waals surface area contributed by atoms with Crippen molar-refractivity contribution in [1.29, 1.82) is 5.26 Å². The summed E-state index contributed by atoms with van der Waals surface area (Å²) >= 11 is 5.69. The Balaban J connectivity index is 1.43. The molecule has 13 heteroatoms. The van der Waals surface area contributed by atoms with E-state index in [2.05, 4.69) is 16.7 Å². The molecule has 0 radical (unpaired) electrons. The van der Waals surface area contributed by atoms with Crippen molar-refractivity contribution < 1.29 is 32.2 Å². The first-order valence-electron chi connectivity index (χ1n) is 15.6. The highest BCUT2D eigenvalue weighted by Crippen LogP contribution is 2.40. The summed E-state index contributed by atoms with van der Waals surface area (Å²) in [6, 6.07) is 10.4. The number of amides is 1. The number of nitriles is 1. The molecule has 2 aliphatic rings. The zero-order valence-corrected chi connectivity index (χ0v) is 28.7. The van der Waals surface area contributed by atoms with Gasteiger partial charge in [-0.05, 0) is 102 Å². The smallest absolute Gasteiger partial charge is 0.417 e. The average Bonchev–Trinajstić information content (AvgIpc) is 3.15. The fourth-order valence-electron chi connectivity index (χ4n) is 5.91. The Bertz CT molecular complexity index is 1570. The quantitative estimate of drug-likeness (QED) is 0.243. The van der Waals surface area contributed by atoms with Gasteiger partial charge in [-0.3, -0.25) is 24.3 Å². The lowest BCUT2D eigenvalue weighted by Gasteiger charge is -2.39. The van der Waals surface area contributed by atoms with Crippen molar-refractivity contribution >= 4 is 40.6 Å². The molecule has 2 fully saturated rings. The van der Waals surface area contributed by atoms with Crippen LogP contribution < -0.4 is 14.5 Å². The second-order valence-electron chi connectivity index (χ2n) is 13.4. The van der Waals surface area contributed by atoms with Crippen LogP contribution in [0, 0.1) is 11.3 Å². The van der Waals surface area contributed by atoms with E-state index in [0.717, 1.165) is 42.2 Å². The minimum atomic E-state index is -4.78. The Morgan fingerprint density at radius 1 is 1.11 bits per heavy atom. The molecule has 4 rings (SSSR count). The number of esters is 1. The number of rotatable bonds is 9. The van der Waals surface area contributed by atoms with Crippen LogP contribution in [0.2, 0.25) is 0 Å². The summed E-state index contributed by atoms with van der Waals surface area (Å²) in [6.07, 6.45) is -4.15. The summed E-state index contributed by atoms with van der Waals surface area (Å²) in [7, 11) is 0. The minimum Gasteiger partial charge on any atom is -0.492 e. The van der Waals surface area contributed by atoms with E-state index in [1.165, 1.54) is 6.07 Å². The first-order chi connectivity index (χ1) is 21.9. The van der Waals surface area contributed by atoms with Crippen LogP contribution in [0.4, 0.5) is 24.5 Å². The standard InChI is InChI=1S/C34H42F3N5O4S/c1-8-23-17-26(11-12-28(23)45-16-15-39-13-14-40(22(2)20-39)21-29(43)46-32(3,4)5)42-31(47)41(30(44)33(42,6)7)25-10-9-24(19-38)27(18-25)34(35,36)37/h9-12,17-18,22H,8,13-16,20-21H2,1-7H3. The highest BCUT2D eigenvalue weighted by atomic mass is 32.1. The Hall–Kier alpha value is -3.73. The third kappa shape index (κ3) is 8.05. The molecular weight excluding hydrogens is 631 g/mol. The largest absolute Gasteiger partial charge is 0.492 e. The van der Waals surface area contributed by atoms with Crippen LogP contribution in [0.25, 0.3) is 0 Å². The third-order valence-corrected chi connectivity index (χ3v) is 8.67. The van der Waals surface area contributed by atoms with Crippen LogP contribution >= 0.6 is 12.2 Å². The molecular formula is C34H42F3N5O4S. The van der Waals surface area contributed by atoms with E-state index in [-0.39, 0.29) is 29.4 Å². The Morgan fingerprint density at radius 2 is 1.79 bits per heavy atom. The van der Waals surface area contributed by atoms with E-state index in [4.69, 9.17) is 21.7 Å². The van der Waals surface area contributed by atoms with Crippen LogP contribution in [0.3, 0.4) is 0 Å². The van der Waals surface area contributed by atoms with Crippen molar-refractivity contribution in [2.75, 3.05) is 49.1 Å². The molecule has 0 aromatic heterocycles. The molecule has 0 aliphatic carbocycles. The van der Waals surface area contributed by atoms with Gasteiger partial charge in [0.1, 0.15) is 23.5 Å². The van der Waals surface area contributed by atoms with Gasteiger partial charge in [0, 0.05) is 37.9 Å². The molecule has 2 aromatic rings. The number of carbonyl (C=O) groups is 2. The highest BCUT2D eigenvalue weighted by Gasteiger charge is 2.51. The number of hydrogen-bond donors (Lipinski definition) is 0. The van der Waals surface area contributed by atoms with Gasteiger partial charge in [-0.1, -0.05) is 6.92 Å². The van der Waals surface area contributed by atoms with Gasteiger partial charge in [0.15, 0.2) is 5.11 Å². The van der Waals surface area contributed by atoms with Crippen molar-refractivity contribution in [1.82, 2.24) is 9.80 Å². The molecule has 2 aromatic carbocycles. The molecule has 2 aliphatic heterocycles. The maximum atomic E-state index is 13.7. The molecule has 2 saturated heterocycles. The van der Waals surface area contributed by atoms with Crippen molar-refractivity contribution in [2.45, 2.75) is 78.2 Å². The Morgan fingerprint density at radius 3 is 2.38 bits per heavy atom. The zero-order valence-electron chi connectivity index (χ0n) is 27.9. The minimum absolute atomic E-state index is 0.0356. The van der Waals surface area contributed by atoms with Crippen molar-refractivity contribution in [3.8, 4) is 11.8 Å². The number of alkyl halides is 3. The SMILES string of the molecule is CCc1cc(N2C(=S)N(c3ccc(C#N)c(C(F)(F)F)c3)C(=O)C2(C)C)ccc1OCCN1CCN(CC(=O)OC(C)(C)C)C(C)C1. The number of piperazine rings is 1. The number of ether oxygens (including phenoxy) is 2. The predicted molar refractivity (Wildman–Crippen MR) is 177 cm³/mol. The second-order valence-corrected chi connectivity index (χ2v) is 13.7. The Kier molecular flexibility index (Phi) is 10.6. The van der Waals surface area contributed by atoms with Crippen LogP contribution in [-0.2, 0) is 26.9 Å². The molecule has 2 heterocycles. The maximum Gasteiger partial charge on any atom is 0.417 e. The van der Waals surface area contributed by atoms with E-state index in [1.807, 2.05) is 39.8 Å². The lowest BCUT2D eigenvalue weighted by molar-refractivity contribution is -0.157. The van der Waals surface area contributed by atoms with Gasteiger partial charge < -0.3 is 14.4 Å². The van der Waals surface area contributed by atoms with Gasteiger partial charge >= 0.3 is 12.1 Å². The number of carbonyl (C=O) groups excluding carboxylic acids is 2. The first-order valence-corrected chi connectivity index (χ1v) is 16.0. The molecule has 1 unspecified atom stereocenters. The summed E-state index contributed by atoms with van der Waals surface area (Å²) in [6.45, 7) is 16.7. The van der Waals surface area contributed by atoms with Crippen molar-refractivity contribution in [3.63, 3.8) is 0 Å². The predicted octanol–water partition coefficient (Wildman–Crippen LogP) is 5.78. The van der Waals surface area contributed by atoms with E-state index < -0.39 is 34.4 Å². The van der Waals surface area contributed by atoms with Gasteiger partial charge in [-0.25, -0.2) is 0 Å². The van der Waals surface area contributed by atoms with Gasteiger partial charge in [0.2, 0.25) is 0 Å². The van der Waals surface area contributed by atoms with Crippen LogP contribution in [0.5, 0.6) is 5.75 Å².